The molecule has 0 atom stereocenters. The van der Waals surface area contributed by atoms with E-state index in [9.17, 15) is 9.50 Å². The van der Waals surface area contributed by atoms with Crippen LogP contribution >= 0.6 is 12.2 Å². The monoisotopic (exact) mass is 314 g/mol. The molecular weight excluding hydrogens is 303 g/mol. The van der Waals surface area contributed by atoms with Crippen LogP contribution in [0.1, 0.15) is 5.56 Å². The van der Waals surface area contributed by atoms with E-state index in [0.29, 0.717) is 10.9 Å². The number of rotatable bonds is 2. The molecule has 3 aromatic rings. The minimum Gasteiger partial charge on any atom is -0.508 e. The molecule has 2 aromatic carbocycles. The molecule has 0 unspecified atom stereocenters. The molecule has 0 aliphatic carbocycles. The number of benzene rings is 2. The molecule has 3 rings (SSSR count). The molecule has 0 aliphatic rings. The zero-order valence-corrected chi connectivity index (χ0v) is 12.1. The predicted octanol–water partition coefficient (Wildman–Crippen LogP) is 3.06. The van der Waals surface area contributed by atoms with E-state index < -0.39 is 5.82 Å². The number of nitrogens with two attached hydrogens (primary N) is 1. The maximum atomic E-state index is 14.2. The maximum Gasteiger partial charge on any atom is 0.222 e. The zero-order chi connectivity index (χ0) is 15.9. The molecule has 0 saturated heterocycles. The molecule has 0 spiro atoms. The van der Waals surface area contributed by atoms with Crippen molar-refractivity contribution in [3.8, 4) is 16.9 Å². The average molecular weight is 314 g/mol. The number of hydrogen-bond acceptors (Lipinski definition) is 4. The van der Waals surface area contributed by atoms with Gasteiger partial charge < -0.3 is 15.3 Å². The van der Waals surface area contributed by atoms with Crippen LogP contribution in [-0.4, -0.2) is 10.1 Å². The van der Waals surface area contributed by atoms with Crippen molar-refractivity contribution in [3.05, 3.63) is 59.4 Å². The van der Waals surface area contributed by atoms with E-state index in [-0.39, 0.29) is 27.4 Å². The molecule has 0 radical (unpaired) electrons. The van der Waals surface area contributed by atoms with Crippen LogP contribution in [0.5, 0.6) is 5.75 Å². The fourth-order valence-electron chi connectivity index (χ4n) is 2.21. The van der Waals surface area contributed by atoms with Crippen LogP contribution in [0.15, 0.2) is 46.9 Å². The van der Waals surface area contributed by atoms with Gasteiger partial charge in [0.05, 0.1) is 5.56 Å². The summed E-state index contributed by atoms with van der Waals surface area (Å²) in [6.07, 6.45) is 0. The average Bonchev–Trinajstić information content (AvgIpc) is 2.48. The number of phenols is 1. The fourth-order valence-corrected chi connectivity index (χ4v) is 2.36. The van der Waals surface area contributed by atoms with Gasteiger partial charge in [-0.3, -0.25) is 5.41 Å². The van der Waals surface area contributed by atoms with E-state index in [4.69, 9.17) is 27.8 Å². The second kappa shape index (κ2) is 5.23. The molecule has 110 valence electrons. The Balaban J connectivity index is 2.26. The first-order valence-corrected chi connectivity index (χ1v) is 6.78. The van der Waals surface area contributed by atoms with E-state index in [1.54, 1.807) is 18.2 Å². The zero-order valence-electron chi connectivity index (χ0n) is 11.3. The Morgan fingerprint density at radius 2 is 1.82 bits per heavy atom. The van der Waals surface area contributed by atoms with Gasteiger partial charge in [-0.2, -0.15) is 0 Å². The Morgan fingerprint density at radius 1 is 1.14 bits per heavy atom. The van der Waals surface area contributed by atoms with E-state index in [0.717, 1.165) is 5.56 Å². The van der Waals surface area contributed by atoms with E-state index in [1.165, 1.54) is 24.3 Å². The summed E-state index contributed by atoms with van der Waals surface area (Å²) in [5.74, 6) is -0.446. The van der Waals surface area contributed by atoms with Gasteiger partial charge in [-0.15, -0.1) is 0 Å². The molecule has 4 N–H and O–H groups in total. The van der Waals surface area contributed by atoms with Crippen LogP contribution in [-0.2, 0) is 0 Å². The SMILES string of the molecule is N=c1oc2c(F)cc(-c3ccc(O)cc3)cc2cc1C(N)=S. The third-order valence-corrected chi connectivity index (χ3v) is 3.51. The Kier molecular flexibility index (Phi) is 3.38. The second-order valence-electron chi connectivity index (χ2n) is 4.78. The highest BCUT2D eigenvalue weighted by molar-refractivity contribution is 7.80. The van der Waals surface area contributed by atoms with Crippen LogP contribution in [0.25, 0.3) is 22.1 Å². The maximum absolute atomic E-state index is 14.2. The highest BCUT2D eigenvalue weighted by Gasteiger charge is 2.11. The lowest BCUT2D eigenvalue weighted by Gasteiger charge is -2.07. The molecule has 4 nitrogen and oxygen atoms in total. The molecular formula is C16H11FN2O2S. The number of phenolic OH excluding ortho intramolecular Hbond substituents is 1. The van der Waals surface area contributed by atoms with Crippen molar-refractivity contribution >= 4 is 28.2 Å². The highest BCUT2D eigenvalue weighted by atomic mass is 32.1. The van der Waals surface area contributed by atoms with Gasteiger partial charge in [0.15, 0.2) is 11.4 Å². The second-order valence-corrected chi connectivity index (χ2v) is 5.22. The summed E-state index contributed by atoms with van der Waals surface area (Å²) in [6, 6.07) is 11.0. The van der Waals surface area contributed by atoms with Gasteiger partial charge in [0.25, 0.3) is 0 Å². The van der Waals surface area contributed by atoms with E-state index in [1.807, 2.05) is 0 Å². The molecule has 0 fully saturated rings. The quantitative estimate of drug-likeness (QED) is 0.635. The van der Waals surface area contributed by atoms with Crippen molar-refractivity contribution in [1.82, 2.24) is 0 Å². The van der Waals surface area contributed by atoms with Gasteiger partial charge in [0, 0.05) is 5.39 Å². The van der Waals surface area contributed by atoms with Crippen molar-refractivity contribution in [2.45, 2.75) is 0 Å². The first kappa shape index (κ1) is 14.2. The molecule has 0 aliphatic heterocycles. The Morgan fingerprint density at radius 3 is 2.45 bits per heavy atom. The third kappa shape index (κ3) is 2.44. The molecule has 0 saturated carbocycles. The molecule has 6 heteroatoms. The Bertz CT molecular complexity index is 949. The fraction of sp³-hybridized carbons (Fsp3) is 0. The summed E-state index contributed by atoms with van der Waals surface area (Å²) >= 11 is 4.86. The van der Waals surface area contributed by atoms with Gasteiger partial charge in [-0.05, 0) is 41.5 Å². The molecule has 1 aromatic heterocycles. The molecule has 22 heavy (non-hydrogen) atoms. The smallest absolute Gasteiger partial charge is 0.222 e. The van der Waals surface area contributed by atoms with Crippen LogP contribution < -0.4 is 11.3 Å². The summed E-state index contributed by atoms with van der Waals surface area (Å²) in [5.41, 5.74) is 6.86. The number of fused-ring (bicyclic) bond motifs is 1. The van der Waals surface area contributed by atoms with Crippen LogP contribution in [0.3, 0.4) is 0 Å². The molecule has 1 heterocycles. The predicted molar refractivity (Wildman–Crippen MR) is 85.0 cm³/mol. The van der Waals surface area contributed by atoms with Gasteiger partial charge in [0.2, 0.25) is 5.55 Å². The summed E-state index contributed by atoms with van der Waals surface area (Å²) in [6.45, 7) is 0. The lowest BCUT2D eigenvalue weighted by molar-refractivity contribution is 0.475. The first-order valence-electron chi connectivity index (χ1n) is 6.37. The Labute approximate surface area is 130 Å². The van der Waals surface area contributed by atoms with Crippen LogP contribution in [0, 0.1) is 11.2 Å². The molecule has 0 bridgehead atoms. The number of halogens is 1. The van der Waals surface area contributed by atoms with Crippen molar-refractivity contribution < 1.29 is 13.9 Å². The number of thiocarbonyl (C=S) groups is 1. The minimum absolute atomic E-state index is 0.0195. The number of aromatic hydroxyl groups is 1. The first-order chi connectivity index (χ1) is 10.5. The number of nitrogens with one attached hydrogen (secondary N) is 1. The van der Waals surface area contributed by atoms with Gasteiger partial charge in [-0.1, -0.05) is 24.4 Å². The lowest BCUT2D eigenvalue weighted by atomic mass is 10.0. The largest absolute Gasteiger partial charge is 0.508 e. The van der Waals surface area contributed by atoms with E-state index in [2.05, 4.69) is 0 Å². The lowest BCUT2D eigenvalue weighted by Crippen LogP contribution is -2.19. The van der Waals surface area contributed by atoms with Crippen molar-refractivity contribution in [1.29, 1.82) is 5.41 Å². The van der Waals surface area contributed by atoms with Crippen molar-refractivity contribution in [3.63, 3.8) is 0 Å². The Hall–Kier alpha value is -2.73. The van der Waals surface area contributed by atoms with Crippen LogP contribution in [0.2, 0.25) is 0 Å². The topological polar surface area (TPSA) is 83.2 Å². The van der Waals surface area contributed by atoms with Crippen molar-refractivity contribution in [2.24, 2.45) is 5.73 Å². The summed E-state index contributed by atoms with van der Waals surface area (Å²) in [7, 11) is 0. The van der Waals surface area contributed by atoms with Crippen LogP contribution in [0.4, 0.5) is 4.39 Å². The van der Waals surface area contributed by atoms with Gasteiger partial charge in [-0.25, -0.2) is 4.39 Å². The van der Waals surface area contributed by atoms with Gasteiger partial charge >= 0.3 is 0 Å². The number of hydrogen-bond donors (Lipinski definition) is 3. The van der Waals surface area contributed by atoms with Crippen molar-refractivity contribution in [2.75, 3.05) is 0 Å². The third-order valence-electron chi connectivity index (χ3n) is 3.29. The standard InChI is InChI=1S/C16H11FN2O2S/c17-13-7-9(8-1-3-11(20)4-2-8)5-10-6-12(16(19)22)15(18)21-14(10)13/h1-7,18,20H,(H2,19,22). The summed E-state index contributed by atoms with van der Waals surface area (Å²) in [4.78, 5) is 0.0195. The summed E-state index contributed by atoms with van der Waals surface area (Å²) in [5, 5.41) is 17.5. The normalized spacial score (nSPS) is 10.8. The highest BCUT2D eigenvalue weighted by Crippen LogP contribution is 2.28. The van der Waals surface area contributed by atoms with Gasteiger partial charge in [0.1, 0.15) is 10.7 Å². The van der Waals surface area contributed by atoms with E-state index >= 15 is 0 Å². The molecule has 0 amide bonds. The minimum atomic E-state index is -0.580. The summed E-state index contributed by atoms with van der Waals surface area (Å²) < 4.78 is 19.4.